The van der Waals surface area contributed by atoms with Gasteiger partial charge in [-0.15, -0.1) is 0 Å². The Kier molecular flexibility index (Phi) is 7.25. The molecule has 2 unspecified atom stereocenters. The molecule has 0 amide bonds. The second kappa shape index (κ2) is 7.27. The molecule has 15 heavy (non-hydrogen) atoms. The highest BCUT2D eigenvalue weighted by atomic mass is 14.9. The summed E-state index contributed by atoms with van der Waals surface area (Å²) < 4.78 is 0. The van der Waals surface area contributed by atoms with Crippen LogP contribution in [0, 0.1) is 11.3 Å². The van der Waals surface area contributed by atoms with E-state index in [4.69, 9.17) is 0 Å². The fraction of sp³-hybridized carbons (Fsp3) is 1.00. The molecule has 0 saturated heterocycles. The average molecular weight is 213 g/mol. The highest BCUT2D eigenvalue weighted by Crippen LogP contribution is 2.24. The molecule has 0 heterocycles. The smallest absolute Gasteiger partial charge is 0.0113 e. The highest BCUT2D eigenvalue weighted by molar-refractivity contribution is 4.79. The maximum atomic E-state index is 3.45. The van der Waals surface area contributed by atoms with Crippen molar-refractivity contribution in [3.63, 3.8) is 0 Å². The van der Waals surface area contributed by atoms with Crippen molar-refractivity contribution in [2.75, 3.05) is 7.05 Å². The minimum Gasteiger partial charge on any atom is -0.316 e. The monoisotopic (exact) mass is 213 g/mol. The number of rotatable bonds is 7. The van der Waals surface area contributed by atoms with Crippen molar-refractivity contribution in [2.45, 2.75) is 72.8 Å². The quantitative estimate of drug-likeness (QED) is 0.667. The van der Waals surface area contributed by atoms with Gasteiger partial charge in [0.15, 0.2) is 0 Å². The Morgan fingerprint density at radius 1 is 1.07 bits per heavy atom. The first-order valence-corrected chi connectivity index (χ1v) is 6.59. The summed E-state index contributed by atoms with van der Waals surface area (Å²) in [4.78, 5) is 0. The minimum absolute atomic E-state index is 0.392. The van der Waals surface area contributed by atoms with Gasteiger partial charge in [0.05, 0.1) is 0 Å². The van der Waals surface area contributed by atoms with Gasteiger partial charge in [0, 0.05) is 6.04 Å². The second-order valence-corrected chi connectivity index (χ2v) is 6.03. The van der Waals surface area contributed by atoms with Gasteiger partial charge >= 0.3 is 0 Å². The standard InChI is InChI=1S/C14H31N/c1-7-9-12(2)10-8-11-13(15-6)14(3,4)5/h12-13,15H,7-11H2,1-6H3. The molecule has 0 aromatic carbocycles. The molecule has 0 saturated carbocycles. The van der Waals surface area contributed by atoms with Crippen LogP contribution >= 0.6 is 0 Å². The van der Waals surface area contributed by atoms with Crippen molar-refractivity contribution in [3.05, 3.63) is 0 Å². The van der Waals surface area contributed by atoms with E-state index in [2.05, 4.69) is 47.0 Å². The van der Waals surface area contributed by atoms with Gasteiger partial charge in [-0.3, -0.25) is 0 Å². The van der Waals surface area contributed by atoms with E-state index in [-0.39, 0.29) is 0 Å². The van der Waals surface area contributed by atoms with Crippen LogP contribution in [-0.2, 0) is 0 Å². The molecule has 0 aliphatic rings. The first-order chi connectivity index (χ1) is 6.91. The van der Waals surface area contributed by atoms with E-state index in [0.717, 1.165) is 5.92 Å². The summed E-state index contributed by atoms with van der Waals surface area (Å²) in [6, 6.07) is 0.659. The van der Waals surface area contributed by atoms with Crippen molar-refractivity contribution < 1.29 is 0 Å². The van der Waals surface area contributed by atoms with E-state index in [1.165, 1.54) is 32.1 Å². The molecule has 0 bridgehead atoms. The normalized spacial score (nSPS) is 16.4. The van der Waals surface area contributed by atoms with Crippen LogP contribution in [0.15, 0.2) is 0 Å². The van der Waals surface area contributed by atoms with Gasteiger partial charge in [0.1, 0.15) is 0 Å². The summed E-state index contributed by atoms with van der Waals surface area (Å²) in [5, 5.41) is 3.45. The Labute approximate surface area is 97.0 Å². The maximum Gasteiger partial charge on any atom is 0.0113 e. The summed E-state index contributed by atoms with van der Waals surface area (Å²) >= 11 is 0. The van der Waals surface area contributed by atoms with Crippen LogP contribution in [-0.4, -0.2) is 13.1 Å². The summed E-state index contributed by atoms with van der Waals surface area (Å²) in [5.41, 5.74) is 0.392. The third-order valence-electron chi connectivity index (χ3n) is 3.37. The van der Waals surface area contributed by atoms with Gasteiger partial charge in [-0.2, -0.15) is 0 Å². The highest BCUT2D eigenvalue weighted by Gasteiger charge is 2.22. The van der Waals surface area contributed by atoms with Crippen LogP contribution in [0.1, 0.15) is 66.7 Å². The Bertz CT molecular complexity index is 146. The first-order valence-electron chi connectivity index (χ1n) is 6.59. The zero-order chi connectivity index (χ0) is 11.9. The van der Waals surface area contributed by atoms with Crippen LogP contribution in [0.4, 0.5) is 0 Å². The Balaban J connectivity index is 3.73. The maximum absolute atomic E-state index is 3.45. The molecular formula is C14H31N. The summed E-state index contributed by atoms with van der Waals surface area (Å²) in [5.74, 6) is 0.910. The molecule has 1 heteroatoms. The molecule has 0 aliphatic carbocycles. The second-order valence-electron chi connectivity index (χ2n) is 6.03. The van der Waals surface area contributed by atoms with Crippen molar-refractivity contribution in [3.8, 4) is 0 Å². The molecule has 0 rings (SSSR count). The molecule has 0 fully saturated rings. The van der Waals surface area contributed by atoms with Crippen LogP contribution in [0.3, 0.4) is 0 Å². The Morgan fingerprint density at radius 3 is 2.07 bits per heavy atom. The number of hydrogen-bond acceptors (Lipinski definition) is 1. The zero-order valence-electron chi connectivity index (χ0n) is 11.7. The average Bonchev–Trinajstić information content (AvgIpc) is 2.10. The molecule has 2 atom stereocenters. The van der Waals surface area contributed by atoms with Gasteiger partial charge < -0.3 is 5.32 Å². The van der Waals surface area contributed by atoms with Crippen molar-refractivity contribution in [1.29, 1.82) is 0 Å². The van der Waals surface area contributed by atoms with E-state index >= 15 is 0 Å². The third kappa shape index (κ3) is 6.94. The molecule has 0 aromatic heterocycles. The summed E-state index contributed by atoms with van der Waals surface area (Å²) in [7, 11) is 2.09. The van der Waals surface area contributed by atoms with Gasteiger partial charge in [-0.1, -0.05) is 60.3 Å². The molecule has 1 nitrogen and oxygen atoms in total. The van der Waals surface area contributed by atoms with E-state index < -0.39 is 0 Å². The lowest BCUT2D eigenvalue weighted by Gasteiger charge is -2.30. The van der Waals surface area contributed by atoms with Crippen LogP contribution in [0.25, 0.3) is 0 Å². The lowest BCUT2D eigenvalue weighted by Crippen LogP contribution is -2.37. The van der Waals surface area contributed by atoms with E-state index in [1.807, 2.05) is 0 Å². The molecular weight excluding hydrogens is 182 g/mol. The van der Waals surface area contributed by atoms with Crippen LogP contribution in [0.5, 0.6) is 0 Å². The summed E-state index contributed by atoms with van der Waals surface area (Å²) in [6.45, 7) is 11.6. The molecule has 92 valence electrons. The van der Waals surface area contributed by atoms with E-state index in [0.29, 0.717) is 11.5 Å². The molecule has 1 N–H and O–H groups in total. The van der Waals surface area contributed by atoms with Crippen LogP contribution < -0.4 is 5.32 Å². The molecule has 0 aromatic rings. The van der Waals surface area contributed by atoms with Crippen LogP contribution in [0.2, 0.25) is 0 Å². The topological polar surface area (TPSA) is 12.0 Å². The predicted octanol–water partition coefficient (Wildman–Crippen LogP) is 4.23. The fourth-order valence-electron chi connectivity index (χ4n) is 2.32. The minimum atomic E-state index is 0.392. The Hall–Kier alpha value is -0.0400. The van der Waals surface area contributed by atoms with E-state index in [9.17, 15) is 0 Å². The van der Waals surface area contributed by atoms with Crippen molar-refractivity contribution in [1.82, 2.24) is 5.32 Å². The molecule has 0 aliphatic heterocycles. The largest absolute Gasteiger partial charge is 0.316 e. The molecule has 0 radical (unpaired) electrons. The fourth-order valence-corrected chi connectivity index (χ4v) is 2.32. The predicted molar refractivity (Wildman–Crippen MR) is 70.2 cm³/mol. The lowest BCUT2D eigenvalue weighted by atomic mass is 9.83. The lowest BCUT2D eigenvalue weighted by molar-refractivity contribution is 0.257. The zero-order valence-corrected chi connectivity index (χ0v) is 11.7. The number of nitrogens with one attached hydrogen (secondary N) is 1. The first kappa shape index (κ1) is 15.0. The van der Waals surface area contributed by atoms with Gasteiger partial charge in [0.25, 0.3) is 0 Å². The van der Waals surface area contributed by atoms with Crippen molar-refractivity contribution in [2.24, 2.45) is 11.3 Å². The van der Waals surface area contributed by atoms with E-state index in [1.54, 1.807) is 0 Å². The van der Waals surface area contributed by atoms with Gasteiger partial charge in [-0.05, 0) is 24.8 Å². The number of hydrogen-bond donors (Lipinski definition) is 1. The van der Waals surface area contributed by atoms with Gasteiger partial charge in [0.2, 0.25) is 0 Å². The van der Waals surface area contributed by atoms with Gasteiger partial charge in [-0.25, -0.2) is 0 Å². The summed E-state index contributed by atoms with van der Waals surface area (Å²) in [6.07, 6.45) is 6.79. The SMILES string of the molecule is CCCC(C)CCCC(NC)C(C)(C)C. The molecule has 0 spiro atoms. The Morgan fingerprint density at radius 2 is 1.67 bits per heavy atom. The van der Waals surface area contributed by atoms with Crippen molar-refractivity contribution >= 4 is 0 Å². The third-order valence-corrected chi connectivity index (χ3v) is 3.37.